The van der Waals surface area contributed by atoms with Gasteiger partial charge in [-0.15, -0.1) is 0 Å². The number of hydrogen-bond acceptors (Lipinski definition) is 5. The normalized spacial score (nSPS) is 15.1. The van der Waals surface area contributed by atoms with E-state index in [2.05, 4.69) is 10.0 Å². The Morgan fingerprint density at radius 3 is 2.47 bits per heavy atom. The van der Waals surface area contributed by atoms with Crippen LogP contribution in [0.1, 0.15) is 40.4 Å². The van der Waals surface area contributed by atoms with Gasteiger partial charge in [-0.1, -0.05) is 36.4 Å². The first-order chi connectivity index (χ1) is 16.3. The van der Waals surface area contributed by atoms with E-state index in [1.54, 1.807) is 12.1 Å². The van der Waals surface area contributed by atoms with Crippen LogP contribution in [0.5, 0.6) is 0 Å². The Morgan fingerprint density at radius 2 is 1.68 bits per heavy atom. The Morgan fingerprint density at radius 1 is 0.971 bits per heavy atom. The number of esters is 1. The average molecular weight is 483 g/mol. The molecule has 1 unspecified atom stereocenters. The van der Waals surface area contributed by atoms with Gasteiger partial charge < -0.3 is 10.1 Å². The first-order valence-electron chi connectivity index (χ1n) is 10.8. The number of ether oxygens (including phenoxy) is 1. The molecule has 9 heteroatoms. The first-order valence-corrected chi connectivity index (χ1v) is 12.2. The summed E-state index contributed by atoms with van der Waals surface area (Å²) >= 11 is 0. The molecule has 0 fully saturated rings. The molecule has 0 aliphatic heterocycles. The number of fused-ring (bicyclic) bond motifs is 1. The Bertz CT molecular complexity index is 1310. The highest BCUT2D eigenvalue weighted by atomic mass is 32.2. The van der Waals surface area contributed by atoms with Crippen molar-refractivity contribution in [2.75, 3.05) is 11.3 Å². The van der Waals surface area contributed by atoms with Gasteiger partial charge in [0, 0.05) is 0 Å². The van der Waals surface area contributed by atoms with Gasteiger partial charge in [-0.05, 0) is 66.8 Å². The summed E-state index contributed by atoms with van der Waals surface area (Å²) in [6, 6.07) is 17.9. The number of halogens is 1. The number of rotatable bonds is 7. The molecule has 0 bridgehead atoms. The lowest BCUT2D eigenvalue weighted by Gasteiger charge is -2.26. The lowest BCUT2D eigenvalue weighted by molar-refractivity contribution is -0.125. The standard InChI is InChI=1S/C25H23FN2O5S/c26-18-12-14-19(15-13-18)34(31,32)28-23-10-4-3-9-21(23)25(30)33-16-24(29)27-22-11-5-7-17-6-1-2-8-20(17)22/h1-4,6,8-10,12-15,22,28H,5,7,11,16H2,(H,27,29). The molecule has 7 nitrogen and oxygen atoms in total. The number of carbonyl (C=O) groups is 2. The van der Waals surface area contributed by atoms with Crippen molar-refractivity contribution in [3.63, 3.8) is 0 Å². The molecule has 176 valence electrons. The molecule has 1 aliphatic carbocycles. The van der Waals surface area contributed by atoms with E-state index in [4.69, 9.17) is 4.74 Å². The smallest absolute Gasteiger partial charge is 0.340 e. The van der Waals surface area contributed by atoms with Crippen molar-refractivity contribution in [2.45, 2.75) is 30.2 Å². The molecule has 0 spiro atoms. The highest BCUT2D eigenvalue weighted by molar-refractivity contribution is 7.92. The first kappa shape index (κ1) is 23.4. The van der Waals surface area contributed by atoms with E-state index in [-0.39, 0.29) is 22.2 Å². The molecule has 0 saturated heterocycles. The fourth-order valence-corrected chi connectivity index (χ4v) is 5.00. The van der Waals surface area contributed by atoms with Crippen molar-refractivity contribution in [1.29, 1.82) is 0 Å². The largest absolute Gasteiger partial charge is 0.452 e. The summed E-state index contributed by atoms with van der Waals surface area (Å²) in [6.07, 6.45) is 2.70. The second-order valence-electron chi connectivity index (χ2n) is 7.89. The van der Waals surface area contributed by atoms with Crippen LogP contribution in [0.4, 0.5) is 10.1 Å². The Balaban J connectivity index is 1.40. The molecule has 0 radical (unpaired) electrons. The van der Waals surface area contributed by atoms with E-state index < -0.39 is 34.3 Å². The molecule has 0 saturated carbocycles. The highest BCUT2D eigenvalue weighted by Crippen LogP contribution is 2.29. The molecule has 1 amide bonds. The molecule has 0 heterocycles. The number of sulfonamides is 1. The zero-order valence-corrected chi connectivity index (χ0v) is 19.0. The molecule has 4 rings (SSSR count). The van der Waals surface area contributed by atoms with Crippen molar-refractivity contribution in [3.05, 3.63) is 95.3 Å². The number of aryl methyl sites for hydroxylation is 1. The van der Waals surface area contributed by atoms with Crippen molar-refractivity contribution in [1.82, 2.24) is 5.32 Å². The summed E-state index contributed by atoms with van der Waals surface area (Å²) in [5.41, 5.74) is 2.19. The van der Waals surface area contributed by atoms with Gasteiger partial charge in [0.1, 0.15) is 5.82 Å². The van der Waals surface area contributed by atoms with Crippen LogP contribution in [-0.2, 0) is 26.0 Å². The molecule has 1 aliphatic rings. The SMILES string of the molecule is O=C(COC(=O)c1ccccc1NS(=O)(=O)c1ccc(F)cc1)NC1CCCc2ccccc21. The molecule has 3 aromatic rings. The van der Waals surface area contributed by atoms with Crippen LogP contribution in [0.25, 0.3) is 0 Å². The summed E-state index contributed by atoms with van der Waals surface area (Å²) in [7, 11) is -4.07. The summed E-state index contributed by atoms with van der Waals surface area (Å²) < 4.78 is 45.9. The zero-order valence-electron chi connectivity index (χ0n) is 18.2. The van der Waals surface area contributed by atoms with E-state index >= 15 is 0 Å². The minimum atomic E-state index is -4.07. The third-order valence-corrected chi connectivity index (χ3v) is 6.94. The number of amides is 1. The fraction of sp³-hybridized carbons (Fsp3) is 0.200. The number of nitrogens with one attached hydrogen (secondary N) is 2. The average Bonchev–Trinajstić information content (AvgIpc) is 2.83. The number of anilines is 1. The van der Waals surface area contributed by atoms with E-state index in [9.17, 15) is 22.4 Å². The number of hydrogen-bond donors (Lipinski definition) is 2. The monoisotopic (exact) mass is 482 g/mol. The maximum Gasteiger partial charge on any atom is 0.340 e. The van der Waals surface area contributed by atoms with Crippen molar-refractivity contribution in [2.24, 2.45) is 0 Å². The van der Waals surface area contributed by atoms with Crippen molar-refractivity contribution < 1.29 is 27.1 Å². The zero-order chi connectivity index (χ0) is 24.1. The van der Waals surface area contributed by atoms with E-state index in [1.165, 1.54) is 17.7 Å². The van der Waals surface area contributed by atoms with Gasteiger partial charge in [0.05, 0.1) is 22.2 Å². The second kappa shape index (κ2) is 10.0. The predicted octanol–water partition coefficient (Wildman–Crippen LogP) is 3.98. The van der Waals surface area contributed by atoms with Crippen LogP contribution < -0.4 is 10.0 Å². The molecular formula is C25H23FN2O5S. The molecule has 34 heavy (non-hydrogen) atoms. The quantitative estimate of drug-likeness (QED) is 0.496. The van der Waals surface area contributed by atoms with Gasteiger partial charge in [0.25, 0.3) is 15.9 Å². The summed E-state index contributed by atoms with van der Waals surface area (Å²) in [4.78, 5) is 24.9. The predicted molar refractivity (Wildman–Crippen MR) is 124 cm³/mol. The van der Waals surface area contributed by atoms with Crippen LogP contribution in [-0.4, -0.2) is 26.9 Å². The molecule has 1 atom stereocenters. The summed E-state index contributed by atoms with van der Waals surface area (Å²) in [5, 5.41) is 2.90. The summed E-state index contributed by atoms with van der Waals surface area (Å²) in [6.45, 7) is -0.503. The van der Waals surface area contributed by atoms with E-state index in [0.29, 0.717) is 0 Å². The van der Waals surface area contributed by atoms with Crippen molar-refractivity contribution >= 4 is 27.6 Å². The van der Waals surface area contributed by atoms with Gasteiger partial charge in [-0.2, -0.15) is 0 Å². The Kier molecular flexibility index (Phi) is 6.93. The van der Waals surface area contributed by atoms with Gasteiger partial charge in [0.15, 0.2) is 6.61 Å². The van der Waals surface area contributed by atoms with Gasteiger partial charge in [0.2, 0.25) is 0 Å². The fourth-order valence-electron chi connectivity index (χ4n) is 3.92. The topological polar surface area (TPSA) is 102 Å². The number of para-hydroxylation sites is 1. The molecule has 3 aromatic carbocycles. The highest BCUT2D eigenvalue weighted by Gasteiger charge is 2.23. The minimum Gasteiger partial charge on any atom is -0.452 e. The Hall–Kier alpha value is -3.72. The number of benzene rings is 3. The van der Waals surface area contributed by atoms with Crippen molar-refractivity contribution in [3.8, 4) is 0 Å². The van der Waals surface area contributed by atoms with Gasteiger partial charge in [-0.25, -0.2) is 17.6 Å². The molecular weight excluding hydrogens is 459 g/mol. The molecule has 0 aromatic heterocycles. The lowest BCUT2D eigenvalue weighted by atomic mass is 9.88. The van der Waals surface area contributed by atoms with Gasteiger partial charge >= 0.3 is 5.97 Å². The minimum absolute atomic E-state index is 0.0153. The summed E-state index contributed by atoms with van der Waals surface area (Å²) in [5.74, 6) is -1.87. The van der Waals surface area contributed by atoms with Crippen LogP contribution in [0, 0.1) is 5.82 Å². The maximum absolute atomic E-state index is 13.1. The van der Waals surface area contributed by atoms with Crippen LogP contribution in [0.3, 0.4) is 0 Å². The van der Waals surface area contributed by atoms with E-state index in [0.717, 1.165) is 49.1 Å². The van der Waals surface area contributed by atoms with Crippen LogP contribution >= 0.6 is 0 Å². The van der Waals surface area contributed by atoms with Crippen LogP contribution in [0.15, 0.2) is 77.7 Å². The van der Waals surface area contributed by atoms with Crippen LogP contribution in [0.2, 0.25) is 0 Å². The number of carbonyl (C=O) groups excluding carboxylic acids is 2. The van der Waals surface area contributed by atoms with E-state index in [1.807, 2.05) is 24.3 Å². The van der Waals surface area contributed by atoms with Gasteiger partial charge in [-0.3, -0.25) is 9.52 Å². The second-order valence-corrected chi connectivity index (χ2v) is 9.57. The lowest BCUT2D eigenvalue weighted by Crippen LogP contribution is -2.34. The maximum atomic E-state index is 13.1. The third-order valence-electron chi connectivity index (χ3n) is 5.55. The molecule has 2 N–H and O–H groups in total. The Labute approximate surface area is 197 Å². The third kappa shape index (κ3) is 5.43.